The highest BCUT2D eigenvalue weighted by Gasteiger charge is 2.25. The summed E-state index contributed by atoms with van der Waals surface area (Å²) in [6, 6.07) is 0. The van der Waals surface area contributed by atoms with E-state index in [1.807, 2.05) is 6.92 Å². The van der Waals surface area contributed by atoms with Gasteiger partial charge in [-0.2, -0.15) is 0 Å². The van der Waals surface area contributed by atoms with Gasteiger partial charge in [0.25, 0.3) is 0 Å². The van der Waals surface area contributed by atoms with Crippen LogP contribution in [0.25, 0.3) is 0 Å². The standard InChI is InChI=1S/C7H13Cl2/c1-4-5-7(3,9)6(2)8/h6H,2,4-5H2,1,3H3. The Morgan fingerprint density at radius 3 is 2.22 bits per heavy atom. The van der Waals surface area contributed by atoms with Crippen LogP contribution in [0.5, 0.6) is 0 Å². The van der Waals surface area contributed by atoms with Crippen LogP contribution in [0.4, 0.5) is 0 Å². The Balaban J connectivity index is 3.70. The van der Waals surface area contributed by atoms with Gasteiger partial charge in [-0.15, -0.1) is 23.2 Å². The van der Waals surface area contributed by atoms with E-state index >= 15 is 0 Å². The van der Waals surface area contributed by atoms with E-state index < -0.39 is 0 Å². The zero-order chi connectivity index (χ0) is 7.49. The maximum Gasteiger partial charge on any atom is 0.0581 e. The molecule has 0 bridgehead atoms. The maximum absolute atomic E-state index is 5.98. The third kappa shape index (κ3) is 3.32. The molecule has 0 saturated heterocycles. The Morgan fingerprint density at radius 2 is 2.11 bits per heavy atom. The summed E-state index contributed by atoms with van der Waals surface area (Å²) in [5.41, 5.74) is 0. The van der Waals surface area contributed by atoms with Crippen LogP contribution in [0.2, 0.25) is 0 Å². The van der Waals surface area contributed by atoms with Gasteiger partial charge in [-0.25, -0.2) is 0 Å². The third-order valence-electron chi connectivity index (χ3n) is 1.39. The molecule has 2 heteroatoms. The van der Waals surface area contributed by atoms with Crippen LogP contribution in [0.15, 0.2) is 0 Å². The van der Waals surface area contributed by atoms with Crippen LogP contribution in [-0.2, 0) is 0 Å². The third-order valence-corrected chi connectivity index (χ3v) is 2.44. The average Bonchev–Trinajstić information content (AvgIpc) is 1.65. The molecule has 0 amide bonds. The molecule has 0 aromatic carbocycles. The molecule has 0 rings (SSSR count). The van der Waals surface area contributed by atoms with Gasteiger partial charge < -0.3 is 0 Å². The molecule has 0 aliphatic rings. The quantitative estimate of drug-likeness (QED) is 0.567. The van der Waals surface area contributed by atoms with E-state index in [0.717, 1.165) is 12.8 Å². The summed E-state index contributed by atoms with van der Waals surface area (Å²) in [4.78, 5) is -0.323. The summed E-state index contributed by atoms with van der Waals surface area (Å²) in [5, 5.41) is -0.195. The summed E-state index contributed by atoms with van der Waals surface area (Å²) in [7, 11) is 0. The van der Waals surface area contributed by atoms with Crippen molar-refractivity contribution >= 4 is 23.2 Å². The minimum Gasteiger partial charge on any atom is -0.121 e. The van der Waals surface area contributed by atoms with E-state index in [0.29, 0.717) is 0 Å². The van der Waals surface area contributed by atoms with Crippen LogP contribution < -0.4 is 0 Å². The van der Waals surface area contributed by atoms with Crippen LogP contribution in [0, 0.1) is 6.92 Å². The van der Waals surface area contributed by atoms with E-state index in [1.54, 1.807) is 0 Å². The Morgan fingerprint density at radius 1 is 1.67 bits per heavy atom. The second-order valence-electron chi connectivity index (χ2n) is 2.50. The molecule has 2 atom stereocenters. The molecule has 55 valence electrons. The number of alkyl halides is 2. The second-order valence-corrected chi connectivity index (χ2v) is 3.89. The fourth-order valence-corrected chi connectivity index (χ4v) is 0.944. The summed E-state index contributed by atoms with van der Waals surface area (Å²) >= 11 is 11.7. The SMILES string of the molecule is [CH2]C(Cl)C(C)(Cl)CCC. The van der Waals surface area contributed by atoms with Crippen molar-refractivity contribution in [1.82, 2.24) is 0 Å². The first kappa shape index (κ1) is 9.58. The van der Waals surface area contributed by atoms with E-state index in [4.69, 9.17) is 23.2 Å². The van der Waals surface area contributed by atoms with Gasteiger partial charge in [0.15, 0.2) is 0 Å². The van der Waals surface area contributed by atoms with Crippen LogP contribution in [0.3, 0.4) is 0 Å². The van der Waals surface area contributed by atoms with E-state index in [1.165, 1.54) is 0 Å². The molecular weight excluding hydrogens is 155 g/mol. The Kier molecular flexibility index (Phi) is 3.91. The van der Waals surface area contributed by atoms with Gasteiger partial charge in [-0.1, -0.05) is 13.3 Å². The van der Waals surface area contributed by atoms with Crippen LogP contribution in [-0.4, -0.2) is 10.3 Å². The largest absolute Gasteiger partial charge is 0.121 e. The highest BCUT2D eigenvalue weighted by atomic mass is 35.5. The molecule has 1 radical (unpaired) electrons. The van der Waals surface area contributed by atoms with Crippen LogP contribution in [0.1, 0.15) is 26.7 Å². The molecule has 0 aromatic rings. The predicted molar refractivity (Wildman–Crippen MR) is 44.2 cm³/mol. The average molecular weight is 168 g/mol. The summed E-state index contributed by atoms with van der Waals surface area (Å²) < 4.78 is 0. The van der Waals surface area contributed by atoms with Crippen molar-refractivity contribution in [2.45, 2.75) is 36.9 Å². The molecule has 2 unspecified atom stereocenters. The highest BCUT2D eigenvalue weighted by molar-refractivity contribution is 6.32. The second kappa shape index (κ2) is 3.68. The molecule has 0 spiro atoms. The fraction of sp³-hybridized carbons (Fsp3) is 0.857. The minimum absolute atomic E-state index is 0.195. The van der Waals surface area contributed by atoms with Gasteiger partial charge in [0.1, 0.15) is 0 Å². The molecule has 0 aromatic heterocycles. The van der Waals surface area contributed by atoms with E-state index in [9.17, 15) is 0 Å². The smallest absolute Gasteiger partial charge is 0.0581 e. The first-order chi connectivity index (χ1) is 4.00. The molecule has 0 fully saturated rings. The zero-order valence-corrected chi connectivity index (χ0v) is 7.47. The zero-order valence-electron chi connectivity index (χ0n) is 5.95. The summed E-state index contributed by atoms with van der Waals surface area (Å²) in [6.07, 6.45) is 1.98. The van der Waals surface area contributed by atoms with Gasteiger partial charge in [0.2, 0.25) is 0 Å². The Hall–Kier alpha value is 0.580. The lowest BCUT2D eigenvalue weighted by Crippen LogP contribution is -2.26. The van der Waals surface area contributed by atoms with Crippen molar-refractivity contribution in [3.8, 4) is 0 Å². The topological polar surface area (TPSA) is 0 Å². The number of hydrogen-bond donors (Lipinski definition) is 0. The van der Waals surface area contributed by atoms with Crippen molar-refractivity contribution in [3.05, 3.63) is 6.92 Å². The van der Waals surface area contributed by atoms with Crippen molar-refractivity contribution in [2.24, 2.45) is 0 Å². The number of halogens is 2. The Bertz CT molecular complexity index is 77.0. The molecule has 0 N–H and O–H groups in total. The first-order valence-corrected chi connectivity index (χ1v) is 3.98. The normalized spacial score (nSPS) is 21.0. The van der Waals surface area contributed by atoms with Gasteiger partial charge in [-0.05, 0) is 20.3 Å². The van der Waals surface area contributed by atoms with Crippen molar-refractivity contribution in [2.75, 3.05) is 0 Å². The van der Waals surface area contributed by atoms with Crippen molar-refractivity contribution in [1.29, 1.82) is 0 Å². The molecule has 0 aliphatic heterocycles. The number of hydrogen-bond acceptors (Lipinski definition) is 0. The molecule has 0 nitrogen and oxygen atoms in total. The summed E-state index contributed by atoms with van der Waals surface area (Å²) in [5.74, 6) is 0. The minimum atomic E-state index is -0.323. The summed E-state index contributed by atoms with van der Waals surface area (Å²) in [6.45, 7) is 7.66. The maximum atomic E-state index is 5.98. The van der Waals surface area contributed by atoms with Gasteiger partial charge >= 0.3 is 0 Å². The molecule has 0 aliphatic carbocycles. The number of rotatable bonds is 3. The van der Waals surface area contributed by atoms with E-state index in [2.05, 4.69) is 13.8 Å². The predicted octanol–water partition coefficient (Wildman–Crippen LogP) is 3.23. The monoisotopic (exact) mass is 167 g/mol. The molecular formula is C7H13Cl2. The molecule has 0 saturated carbocycles. The molecule has 0 heterocycles. The first-order valence-electron chi connectivity index (χ1n) is 3.16. The van der Waals surface area contributed by atoms with Gasteiger partial charge in [0, 0.05) is 0 Å². The Labute approximate surface area is 67.5 Å². The van der Waals surface area contributed by atoms with Crippen molar-refractivity contribution < 1.29 is 0 Å². The van der Waals surface area contributed by atoms with E-state index in [-0.39, 0.29) is 10.3 Å². The lowest BCUT2D eigenvalue weighted by atomic mass is 10.0. The lowest BCUT2D eigenvalue weighted by molar-refractivity contribution is 0.576. The van der Waals surface area contributed by atoms with Gasteiger partial charge in [0.05, 0.1) is 10.3 Å². The molecule has 9 heavy (non-hydrogen) atoms. The lowest BCUT2D eigenvalue weighted by Gasteiger charge is -2.23. The van der Waals surface area contributed by atoms with Crippen molar-refractivity contribution in [3.63, 3.8) is 0 Å². The van der Waals surface area contributed by atoms with Gasteiger partial charge in [-0.3, -0.25) is 0 Å². The highest BCUT2D eigenvalue weighted by Crippen LogP contribution is 2.28. The fourth-order valence-electron chi connectivity index (χ4n) is 0.645. The van der Waals surface area contributed by atoms with Crippen LogP contribution >= 0.6 is 23.2 Å².